The molecule has 19 nitrogen and oxygen atoms in total. The number of carbonyl (C=O) groups excluding carboxylic acids is 1. The zero-order valence-electron chi connectivity index (χ0n) is 51.9. The minimum Gasteiger partial charge on any atom is -0.394 e. The van der Waals surface area contributed by atoms with Gasteiger partial charge in [-0.1, -0.05) is 224 Å². The molecule has 0 spiro atoms. The maximum absolute atomic E-state index is 13.4. The molecule has 0 aliphatic carbocycles. The number of carbonyl (C=O) groups is 1. The molecule has 3 aliphatic heterocycles. The minimum atomic E-state index is -1.97. The van der Waals surface area contributed by atoms with Gasteiger partial charge in [0.15, 0.2) is 18.9 Å². The van der Waals surface area contributed by atoms with Crippen molar-refractivity contribution < 1.29 is 89.4 Å². The molecule has 0 aromatic heterocycles. The number of hydrogen-bond donors (Lipinski definition) is 12. The first-order chi connectivity index (χ1) is 40.8. The van der Waals surface area contributed by atoms with Crippen LogP contribution in [0.3, 0.4) is 0 Å². The third kappa shape index (κ3) is 30.7. The van der Waals surface area contributed by atoms with E-state index in [1.54, 1.807) is 0 Å². The van der Waals surface area contributed by atoms with Crippen LogP contribution in [0.25, 0.3) is 0 Å². The standard InChI is InChI=1S/C65H121NO18/c1-3-5-7-9-11-13-15-16-17-18-19-20-21-22-23-24-25-26-27-28-29-30-31-32-33-35-37-39-41-43-53(71)66-48(49(70)42-40-38-36-34-14-12-10-8-6-4-2)47-79-63-59(77)56(74)61(51(45-68)81-63)84-65-60(78)57(75)62(52(46-69)82-65)83-64-58(76)55(73)54(72)50(44-67)80-64/h15-16,18-19,48-52,54-65,67-70,72-78H,3-14,17,20-47H2,1-2H3,(H,66,71)/b16-15-,19-18-. The molecule has 494 valence electrons. The van der Waals surface area contributed by atoms with E-state index in [-0.39, 0.29) is 18.9 Å². The van der Waals surface area contributed by atoms with Crippen molar-refractivity contribution in [2.75, 3.05) is 26.4 Å². The molecule has 3 rings (SSSR count). The van der Waals surface area contributed by atoms with E-state index in [4.69, 9.17) is 28.4 Å². The van der Waals surface area contributed by atoms with E-state index in [1.807, 2.05) is 0 Å². The molecule has 3 saturated heterocycles. The second-order valence-electron chi connectivity index (χ2n) is 24.3. The molecule has 19 heteroatoms. The van der Waals surface area contributed by atoms with Crippen molar-refractivity contribution >= 4 is 5.91 Å². The Morgan fingerprint density at radius 1 is 0.429 bits per heavy atom. The van der Waals surface area contributed by atoms with Crippen LogP contribution in [0.2, 0.25) is 0 Å². The van der Waals surface area contributed by atoms with Crippen LogP contribution in [0.1, 0.15) is 251 Å². The third-order valence-corrected chi connectivity index (χ3v) is 17.0. The third-order valence-electron chi connectivity index (χ3n) is 17.0. The normalized spacial score (nSPS) is 29.3. The maximum atomic E-state index is 13.4. The number of allylic oxidation sites excluding steroid dienone is 4. The second-order valence-corrected chi connectivity index (χ2v) is 24.3. The Labute approximate surface area is 505 Å². The molecule has 1 amide bonds. The zero-order valence-corrected chi connectivity index (χ0v) is 51.9. The van der Waals surface area contributed by atoms with E-state index >= 15 is 0 Å². The van der Waals surface area contributed by atoms with Gasteiger partial charge in [-0.05, 0) is 44.9 Å². The molecular weight excluding hydrogens is 1080 g/mol. The first-order valence-electron chi connectivity index (χ1n) is 33.6. The molecule has 84 heavy (non-hydrogen) atoms. The minimum absolute atomic E-state index is 0.242. The molecular formula is C65H121NO18. The van der Waals surface area contributed by atoms with Gasteiger partial charge in [0.25, 0.3) is 0 Å². The van der Waals surface area contributed by atoms with Crippen molar-refractivity contribution in [3.63, 3.8) is 0 Å². The number of unbranched alkanes of at least 4 members (excludes halogenated alkanes) is 31. The van der Waals surface area contributed by atoms with Crippen LogP contribution < -0.4 is 5.32 Å². The van der Waals surface area contributed by atoms with Gasteiger partial charge in [-0.2, -0.15) is 0 Å². The fourth-order valence-corrected chi connectivity index (χ4v) is 11.5. The highest BCUT2D eigenvalue weighted by Gasteiger charge is 2.53. The number of amides is 1. The van der Waals surface area contributed by atoms with Crippen LogP contribution >= 0.6 is 0 Å². The fourth-order valence-electron chi connectivity index (χ4n) is 11.5. The average Bonchev–Trinajstić information content (AvgIpc) is 2.80. The van der Waals surface area contributed by atoms with Crippen molar-refractivity contribution in [3.05, 3.63) is 24.3 Å². The summed E-state index contributed by atoms with van der Waals surface area (Å²) in [6.07, 6.45) is 25.7. The van der Waals surface area contributed by atoms with Crippen molar-refractivity contribution in [1.82, 2.24) is 5.32 Å². The molecule has 17 unspecified atom stereocenters. The SMILES string of the molecule is CCCCCCC/C=C\C/C=C\CCCCCCCCCCCCCCCCCCCC(=O)NC(COC1OC(CO)C(OC2OC(CO)C(OC3OC(CO)C(O)C(O)C3O)C(O)C2O)C(O)C1O)C(O)CCCCCCCCCCCC. The lowest BCUT2D eigenvalue weighted by atomic mass is 9.96. The highest BCUT2D eigenvalue weighted by atomic mass is 16.8. The van der Waals surface area contributed by atoms with E-state index in [1.165, 1.54) is 167 Å². The van der Waals surface area contributed by atoms with Gasteiger partial charge in [0.2, 0.25) is 5.91 Å². The van der Waals surface area contributed by atoms with Gasteiger partial charge in [0.1, 0.15) is 73.2 Å². The van der Waals surface area contributed by atoms with Crippen LogP contribution in [0.15, 0.2) is 24.3 Å². The lowest BCUT2D eigenvalue weighted by Crippen LogP contribution is -2.66. The Morgan fingerprint density at radius 2 is 0.786 bits per heavy atom. The van der Waals surface area contributed by atoms with Crippen LogP contribution in [0.4, 0.5) is 0 Å². The lowest BCUT2D eigenvalue weighted by molar-refractivity contribution is -0.379. The molecule has 0 radical (unpaired) electrons. The number of aliphatic hydroxyl groups excluding tert-OH is 11. The summed E-state index contributed by atoms with van der Waals surface area (Å²) in [6.45, 7) is 1.77. The summed E-state index contributed by atoms with van der Waals surface area (Å²) in [5, 5.41) is 120. The smallest absolute Gasteiger partial charge is 0.220 e. The molecule has 0 saturated carbocycles. The fraction of sp³-hybridized carbons (Fsp3) is 0.923. The van der Waals surface area contributed by atoms with Crippen molar-refractivity contribution in [2.45, 2.75) is 356 Å². The first kappa shape index (κ1) is 76.5. The van der Waals surface area contributed by atoms with Gasteiger partial charge in [-0.25, -0.2) is 0 Å². The van der Waals surface area contributed by atoms with E-state index < -0.39 is 124 Å². The molecule has 0 aromatic carbocycles. The highest BCUT2D eigenvalue weighted by molar-refractivity contribution is 5.76. The maximum Gasteiger partial charge on any atom is 0.220 e. The summed E-state index contributed by atoms with van der Waals surface area (Å²) < 4.78 is 34.3. The van der Waals surface area contributed by atoms with Crippen molar-refractivity contribution in [1.29, 1.82) is 0 Å². The first-order valence-corrected chi connectivity index (χ1v) is 33.6. The Kier molecular flexibility index (Phi) is 43.9. The summed E-state index contributed by atoms with van der Waals surface area (Å²) in [6, 6.07) is -0.883. The van der Waals surface area contributed by atoms with Gasteiger partial charge in [0.05, 0.1) is 38.6 Å². The summed E-state index contributed by atoms with van der Waals surface area (Å²) >= 11 is 0. The van der Waals surface area contributed by atoms with Gasteiger partial charge < -0.3 is 89.9 Å². The van der Waals surface area contributed by atoms with E-state index in [0.717, 1.165) is 51.4 Å². The van der Waals surface area contributed by atoms with Gasteiger partial charge in [-0.3, -0.25) is 4.79 Å². The quantitative estimate of drug-likeness (QED) is 0.0204. The predicted octanol–water partition coefficient (Wildman–Crippen LogP) is 7.88. The van der Waals surface area contributed by atoms with Crippen LogP contribution in [0, 0.1) is 0 Å². The van der Waals surface area contributed by atoms with Gasteiger partial charge in [0, 0.05) is 6.42 Å². The molecule has 3 fully saturated rings. The van der Waals surface area contributed by atoms with E-state index in [9.17, 15) is 61.0 Å². The highest BCUT2D eigenvalue weighted by Crippen LogP contribution is 2.33. The monoisotopic (exact) mass is 1200 g/mol. The molecule has 3 aliphatic rings. The molecule has 0 bridgehead atoms. The van der Waals surface area contributed by atoms with Gasteiger partial charge >= 0.3 is 0 Å². The molecule has 3 heterocycles. The predicted molar refractivity (Wildman–Crippen MR) is 323 cm³/mol. The Morgan fingerprint density at radius 3 is 1.21 bits per heavy atom. The molecule has 0 aromatic rings. The lowest BCUT2D eigenvalue weighted by Gasteiger charge is -2.48. The Hall–Kier alpha value is -1.73. The van der Waals surface area contributed by atoms with Crippen LogP contribution in [-0.2, 0) is 33.2 Å². The summed E-state index contributed by atoms with van der Waals surface area (Å²) in [4.78, 5) is 13.4. The Bertz CT molecular complexity index is 1630. The molecule has 17 atom stereocenters. The summed E-state index contributed by atoms with van der Waals surface area (Å²) in [7, 11) is 0. The topological polar surface area (TPSA) is 307 Å². The van der Waals surface area contributed by atoms with Gasteiger partial charge in [-0.15, -0.1) is 0 Å². The number of nitrogens with one attached hydrogen (secondary N) is 1. The summed E-state index contributed by atoms with van der Waals surface area (Å²) in [5.41, 5.74) is 0. The second kappa shape index (κ2) is 48.2. The van der Waals surface area contributed by atoms with Crippen molar-refractivity contribution in [3.8, 4) is 0 Å². The van der Waals surface area contributed by atoms with E-state index in [2.05, 4.69) is 43.5 Å². The number of rotatable bonds is 51. The molecule has 12 N–H and O–H groups in total. The number of ether oxygens (including phenoxy) is 6. The number of aliphatic hydroxyl groups is 11. The van der Waals surface area contributed by atoms with Crippen LogP contribution in [-0.4, -0.2) is 193 Å². The zero-order chi connectivity index (χ0) is 61.2. The van der Waals surface area contributed by atoms with E-state index in [0.29, 0.717) is 12.8 Å². The number of hydrogen-bond acceptors (Lipinski definition) is 18. The Balaban J connectivity index is 1.36. The largest absolute Gasteiger partial charge is 0.394 e. The van der Waals surface area contributed by atoms with Crippen LogP contribution in [0.5, 0.6) is 0 Å². The average molecular weight is 1200 g/mol. The van der Waals surface area contributed by atoms with Crippen molar-refractivity contribution in [2.24, 2.45) is 0 Å². The summed E-state index contributed by atoms with van der Waals surface area (Å²) in [5.74, 6) is -0.242.